The molecule has 0 aromatic heterocycles. The first-order chi connectivity index (χ1) is 12.1. The van der Waals surface area contributed by atoms with Gasteiger partial charge in [-0.15, -0.1) is 0 Å². The lowest BCUT2D eigenvalue weighted by atomic mass is 10.1. The fourth-order valence-electron chi connectivity index (χ4n) is 2.33. The Labute approximate surface area is 147 Å². The van der Waals surface area contributed by atoms with Gasteiger partial charge in [0.1, 0.15) is 6.29 Å². The standard InChI is InChI=1S/C20H21NO4/c1-15(7-8-16-5-3-2-4-6-16)21-19(23)14-25-20(24)18-11-9-17(13-22)10-12-18/h2-6,9-13,15H,7-8,14H2,1H3,(H,21,23). The minimum absolute atomic E-state index is 0.0155. The van der Waals surface area contributed by atoms with E-state index in [0.717, 1.165) is 12.8 Å². The van der Waals surface area contributed by atoms with Crippen molar-refractivity contribution in [3.63, 3.8) is 0 Å². The fourth-order valence-corrected chi connectivity index (χ4v) is 2.33. The van der Waals surface area contributed by atoms with Gasteiger partial charge in [-0.2, -0.15) is 0 Å². The summed E-state index contributed by atoms with van der Waals surface area (Å²) >= 11 is 0. The third kappa shape index (κ3) is 6.22. The van der Waals surface area contributed by atoms with E-state index in [4.69, 9.17) is 4.74 Å². The number of amides is 1. The van der Waals surface area contributed by atoms with Crippen molar-refractivity contribution in [3.05, 3.63) is 71.3 Å². The molecule has 1 N–H and O–H groups in total. The Hall–Kier alpha value is -2.95. The van der Waals surface area contributed by atoms with Crippen LogP contribution in [0.5, 0.6) is 0 Å². The number of carbonyl (C=O) groups excluding carboxylic acids is 3. The number of ether oxygens (including phenoxy) is 1. The second-order valence-corrected chi connectivity index (χ2v) is 5.81. The third-order valence-electron chi connectivity index (χ3n) is 3.73. The van der Waals surface area contributed by atoms with Crippen LogP contribution >= 0.6 is 0 Å². The number of benzene rings is 2. The van der Waals surface area contributed by atoms with Gasteiger partial charge in [-0.3, -0.25) is 9.59 Å². The van der Waals surface area contributed by atoms with Gasteiger partial charge in [0.05, 0.1) is 5.56 Å². The first kappa shape index (κ1) is 18.4. The van der Waals surface area contributed by atoms with Crippen molar-refractivity contribution < 1.29 is 19.1 Å². The largest absolute Gasteiger partial charge is 0.452 e. The maximum absolute atomic E-state index is 11.9. The number of carbonyl (C=O) groups is 3. The summed E-state index contributed by atoms with van der Waals surface area (Å²) in [5, 5.41) is 2.81. The molecule has 0 heterocycles. The highest BCUT2D eigenvalue weighted by atomic mass is 16.5. The number of aldehydes is 1. The Balaban J connectivity index is 1.71. The van der Waals surface area contributed by atoms with Crippen LogP contribution in [0, 0.1) is 0 Å². The van der Waals surface area contributed by atoms with Gasteiger partial charge in [0.25, 0.3) is 5.91 Å². The zero-order chi connectivity index (χ0) is 18.1. The SMILES string of the molecule is CC(CCc1ccccc1)NC(=O)COC(=O)c1ccc(C=O)cc1. The molecule has 1 amide bonds. The van der Waals surface area contributed by atoms with E-state index in [2.05, 4.69) is 5.32 Å². The van der Waals surface area contributed by atoms with E-state index < -0.39 is 5.97 Å². The normalized spacial score (nSPS) is 11.4. The molecule has 0 spiro atoms. The zero-order valence-electron chi connectivity index (χ0n) is 14.1. The minimum Gasteiger partial charge on any atom is -0.452 e. The van der Waals surface area contributed by atoms with Crippen molar-refractivity contribution in [3.8, 4) is 0 Å². The summed E-state index contributed by atoms with van der Waals surface area (Å²) in [7, 11) is 0. The smallest absolute Gasteiger partial charge is 0.338 e. The van der Waals surface area contributed by atoms with Gasteiger partial charge < -0.3 is 10.1 Å². The van der Waals surface area contributed by atoms with Gasteiger partial charge in [0, 0.05) is 11.6 Å². The summed E-state index contributed by atoms with van der Waals surface area (Å²) in [5.41, 5.74) is 1.99. The van der Waals surface area contributed by atoms with E-state index in [1.165, 1.54) is 29.8 Å². The monoisotopic (exact) mass is 339 g/mol. The summed E-state index contributed by atoms with van der Waals surface area (Å²) < 4.78 is 4.99. The van der Waals surface area contributed by atoms with Crippen LogP contribution in [0.4, 0.5) is 0 Å². The third-order valence-corrected chi connectivity index (χ3v) is 3.73. The molecule has 25 heavy (non-hydrogen) atoms. The predicted molar refractivity (Wildman–Crippen MR) is 94.5 cm³/mol. The lowest BCUT2D eigenvalue weighted by Gasteiger charge is -2.14. The first-order valence-corrected chi connectivity index (χ1v) is 8.14. The molecule has 0 aliphatic rings. The van der Waals surface area contributed by atoms with Gasteiger partial charge >= 0.3 is 5.97 Å². The molecular formula is C20H21NO4. The van der Waals surface area contributed by atoms with Crippen molar-refractivity contribution in [1.29, 1.82) is 0 Å². The van der Waals surface area contributed by atoms with Gasteiger partial charge in [0.2, 0.25) is 0 Å². The average molecular weight is 339 g/mol. The van der Waals surface area contributed by atoms with Crippen LogP contribution in [0.25, 0.3) is 0 Å². The molecule has 130 valence electrons. The van der Waals surface area contributed by atoms with Crippen LogP contribution in [0.15, 0.2) is 54.6 Å². The fraction of sp³-hybridized carbons (Fsp3) is 0.250. The van der Waals surface area contributed by atoms with E-state index in [0.29, 0.717) is 17.4 Å². The predicted octanol–water partition coefficient (Wildman–Crippen LogP) is 2.79. The molecule has 0 aliphatic heterocycles. The Bertz CT molecular complexity index is 710. The summed E-state index contributed by atoms with van der Waals surface area (Å²) in [6, 6.07) is 16.1. The van der Waals surface area contributed by atoms with Crippen molar-refractivity contribution in [2.45, 2.75) is 25.8 Å². The molecule has 5 heteroatoms. The molecule has 0 radical (unpaired) electrons. The second-order valence-electron chi connectivity index (χ2n) is 5.81. The number of nitrogens with one attached hydrogen (secondary N) is 1. The summed E-state index contributed by atoms with van der Waals surface area (Å²) in [4.78, 5) is 34.3. The van der Waals surface area contributed by atoms with E-state index in [9.17, 15) is 14.4 Å². The second kappa shape index (κ2) is 9.37. The molecule has 0 fully saturated rings. The molecule has 0 saturated carbocycles. The highest BCUT2D eigenvalue weighted by Crippen LogP contribution is 2.06. The molecular weight excluding hydrogens is 318 g/mol. The van der Waals surface area contributed by atoms with E-state index in [1.54, 1.807) is 0 Å². The number of aryl methyl sites for hydroxylation is 1. The number of hydrogen-bond acceptors (Lipinski definition) is 4. The van der Waals surface area contributed by atoms with Crippen LogP contribution in [0.3, 0.4) is 0 Å². The summed E-state index contributed by atoms with van der Waals surface area (Å²) in [5.74, 6) is -0.928. The Morgan fingerprint density at radius 2 is 1.76 bits per heavy atom. The van der Waals surface area contributed by atoms with Gasteiger partial charge in [-0.1, -0.05) is 42.5 Å². The van der Waals surface area contributed by atoms with Crippen LogP contribution in [-0.4, -0.2) is 30.8 Å². The van der Waals surface area contributed by atoms with Crippen molar-refractivity contribution in [2.24, 2.45) is 0 Å². The molecule has 5 nitrogen and oxygen atoms in total. The summed E-state index contributed by atoms with van der Waals surface area (Å²) in [6.45, 7) is 1.59. The van der Waals surface area contributed by atoms with E-state index >= 15 is 0 Å². The van der Waals surface area contributed by atoms with Crippen LogP contribution < -0.4 is 5.32 Å². The van der Waals surface area contributed by atoms with Crippen LogP contribution in [0.2, 0.25) is 0 Å². The quantitative estimate of drug-likeness (QED) is 0.593. The Kier molecular flexibility index (Phi) is 6.89. The van der Waals surface area contributed by atoms with Gasteiger partial charge in [0.15, 0.2) is 6.61 Å². The molecule has 0 bridgehead atoms. The molecule has 2 rings (SSSR count). The van der Waals surface area contributed by atoms with Crippen molar-refractivity contribution in [1.82, 2.24) is 5.32 Å². The molecule has 0 aliphatic carbocycles. The average Bonchev–Trinajstić information content (AvgIpc) is 2.65. The topological polar surface area (TPSA) is 72.5 Å². The summed E-state index contributed by atoms with van der Waals surface area (Å²) in [6.07, 6.45) is 2.36. The van der Waals surface area contributed by atoms with E-state index in [-0.39, 0.29) is 18.6 Å². The van der Waals surface area contributed by atoms with Crippen LogP contribution in [-0.2, 0) is 16.0 Å². The van der Waals surface area contributed by atoms with Crippen molar-refractivity contribution >= 4 is 18.2 Å². The number of hydrogen-bond donors (Lipinski definition) is 1. The van der Waals surface area contributed by atoms with E-state index in [1.807, 2.05) is 37.3 Å². The molecule has 1 atom stereocenters. The highest BCUT2D eigenvalue weighted by Gasteiger charge is 2.12. The van der Waals surface area contributed by atoms with Crippen LogP contribution in [0.1, 0.15) is 39.6 Å². The maximum atomic E-state index is 11.9. The molecule has 0 saturated heterocycles. The Morgan fingerprint density at radius 3 is 2.40 bits per heavy atom. The zero-order valence-corrected chi connectivity index (χ0v) is 14.1. The maximum Gasteiger partial charge on any atom is 0.338 e. The minimum atomic E-state index is -0.593. The molecule has 2 aromatic carbocycles. The first-order valence-electron chi connectivity index (χ1n) is 8.14. The highest BCUT2D eigenvalue weighted by molar-refractivity contribution is 5.92. The van der Waals surface area contributed by atoms with Gasteiger partial charge in [-0.25, -0.2) is 4.79 Å². The van der Waals surface area contributed by atoms with Gasteiger partial charge in [-0.05, 0) is 37.5 Å². The molecule has 1 unspecified atom stereocenters. The Morgan fingerprint density at radius 1 is 1.08 bits per heavy atom. The molecule has 2 aromatic rings. The number of esters is 1. The van der Waals surface area contributed by atoms with Crippen molar-refractivity contribution in [2.75, 3.05) is 6.61 Å². The number of rotatable bonds is 8. The lowest BCUT2D eigenvalue weighted by Crippen LogP contribution is -2.36. The lowest BCUT2D eigenvalue weighted by molar-refractivity contribution is -0.124.